The first-order valence-electron chi connectivity index (χ1n) is 9.02. The Hall–Kier alpha value is -3.14. The van der Waals surface area contributed by atoms with Gasteiger partial charge in [-0.2, -0.15) is 13.2 Å². The molecule has 0 aromatic heterocycles. The van der Waals surface area contributed by atoms with Crippen molar-refractivity contribution in [1.29, 1.82) is 0 Å². The number of hydrogen-bond donors (Lipinski definition) is 0. The number of nitrogens with zero attached hydrogens (tertiary/aromatic N) is 1. The first kappa shape index (κ1) is 18.2. The zero-order chi connectivity index (χ0) is 19.7. The second kappa shape index (κ2) is 7.12. The zero-order valence-electron chi connectivity index (χ0n) is 15.3. The summed E-state index contributed by atoms with van der Waals surface area (Å²) in [5.41, 5.74) is 5.97. The molecule has 4 heteroatoms. The topological polar surface area (TPSA) is 12.4 Å². The summed E-state index contributed by atoms with van der Waals surface area (Å²) < 4.78 is 38.7. The molecule has 0 saturated carbocycles. The lowest BCUT2D eigenvalue weighted by Gasteiger charge is -2.11. The number of allylic oxidation sites excluding steroid dienone is 1. The van der Waals surface area contributed by atoms with Gasteiger partial charge in [0.15, 0.2) is 0 Å². The van der Waals surface area contributed by atoms with Crippen molar-refractivity contribution in [2.24, 2.45) is 4.99 Å². The summed E-state index contributed by atoms with van der Waals surface area (Å²) in [4.78, 5) is 4.86. The lowest BCUT2D eigenvalue weighted by atomic mass is 9.95. The highest BCUT2D eigenvalue weighted by Gasteiger charge is 2.30. The monoisotopic (exact) mass is 377 g/mol. The second-order valence-corrected chi connectivity index (χ2v) is 6.90. The minimum atomic E-state index is -4.34. The fourth-order valence-electron chi connectivity index (χ4n) is 3.29. The molecule has 28 heavy (non-hydrogen) atoms. The maximum Gasteiger partial charge on any atom is 0.416 e. The number of fused-ring (bicyclic) bond motifs is 1. The van der Waals surface area contributed by atoms with Gasteiger partial charge < -0.3 is 0 Å². The van der Waals surface area contributed by atoms with Crippen molar-refractivity contribution in [3.63, 3.8) is 0 Å². The van der Waals surface area contributed by atoms with E-state index in [-0.39, 0.29) is 0 Å². The van der Waals surface area contributed by atoms with Crippen LogP contribution in [0.25, 0.3) is 11.6 Å². The Morgan fingerprint density at radius 3 is 2.11 bits per heavy atom. The Morgan fingerprint density at radius 2 is 1.43 bits per heavy atom. The van der Waals surface area contributed by atoms with Crippen molar-refractivity contribution >= 4 is 23.0 Å². The molecular weight excluding hydrogens is 359 g/mol. The lowest BCUT2D eigenvalue weighted by Crippen LogP contribution is -2.05. The molecule has 0 saturated heterocycles. The van der Waals surface area contributed by atoms with Crippen molar-refractivity contribution in [2.45, 2.75) is 19.5 Å². The highest BCUT2D eigenvalue weighted by molar-refractivity contribution is 6.11. The molecule has 0 radical (unpaired) electrons. The van der Waals surface area contributed by atoms with Crippen LogP contribution < -0.4 is 0 Å². The van der Waals surface area contributed by atoms with Gasteiger partial charge in [-0.25, -0.2) is 0 Å². The quantitative estimate of drug-likeness (QED) is 0.452. The number of alkyl halides is 3. The largest absolute Gasteiger partial charge is 0.416 e. The summed E-state index contributed by atoms with van der Waals surface area (Å²) in [6, 6.07) is 21.3. The van der Waals surface area contributed by atoms with Crippen molar-refractivity contribution in [3.8, 4) is 0 Å². The standard InChI is InChI=1S/C24H18F3N/c1-16-6-8-18(9-7-16)23-15-20(14-19-4-2-3-5-22(19)28-23)17-10-12-21(13-11-17)24(25,26)27/h2-14H,15H2,1H3. The molecule has 0 aliphatic carbocycles. The summed E-state index contributed by atoms with van der Waals surface area (Å²) in [6.45, 7) is 2.03. The van der Waals surface area contributed by atoms with Crippen molar-refractivity contribution in [1.82, 2.24) is 0 Å². The highest BCUT2D eigenvalue weighted by atomic mass is 19.4. The van der Waals surface area contributed by atoms with Crippen LogP contribution in [0.5, 0.6) is 0 Å². The molecule has 0 bridgehead atoms. The zero-order valence-corrected chi connectivity index (χ0v) is 15.3. The number of para-hydroxylation sites is 1. The van der Waals surface area contributed by atoms with Crippen LogP contribution in [-0.2, 0) is 6.18 Å². The molecule has 3 aromatic rings. The smallest absolute Gasteiger partial charge is 0.252 e. The SMILES string of the molecule is Cc1ccc(C2=Nc3ccccc3C=C(c3ccc(C(F)(F)F)cc3)C2)cc1. The Labute approximate surface area is 161 Å². The van der Waals surface area contributed by atoms with Crippen LogP contribution in [0.2, 0.25) is 0 Å². The number of rotatable bonds is 2. The molecule has 1 nitrogen and oxygen atoms in total. The molecule has 1 heterocycles. The van der Waals surface area contributed by atoms with Crippen LogP contribution in [0.1, 0.15) is 34.2 Å². The molecule has 0 N–H and O–H groups in total. The van der Waals surface area contributed by atoms with Gasteiger partial charge >= 0.3 is 6.18 Å². The van der Waals surface area contributed by atoms with E-state index in [1.165, 1.54) is 12.1 Å². The molecule has 0 unspecified atom stereocenters. The summed E-state index contributed by atoms with van der Waals surface area (Å²) >= 11 is 0. The van der Waals surface area contributed by atoms with Crippen molar-refractivity contribution in [2.75, 3.05) is 0 Å². The molecule has 4 rings (SSSR count). The van der Waals surface area contributed by atoms with Gasteiger partial charge in [0, 0.05) is 12.0 Å². The predicted molar refractivity (Wildman–Crippen MR) is 108 cm³/mol. The minimum absolute atomic E-state index is 0.545. The first-order chi connectivity index (χ1) is 13.4. The van der Waals surface area contributed by atoms with Crippen LogP contribution >= 0.6 is 0 Å². The van der Waals surface area contributed by atoms with Gasteiger partial charge in [-0.3, -0.25) is 4.99 Å². The first-order valence-corrected chi connectivity index (χ1v) is 9.02. The van der Waals surface area contributed by atoms with Crippen LogP contribution in [0.15, 0.2) is 77.8 Å². The van der Waals surface area contributed by atoms with E-state index in [4.69, 9.17) is 4.99 Å². The average molecular weight is 377 g/mol. The maximum atomic E-state index is 12.9. The van der Waals surface area contributed by atoms with E-state index in [1.807, 2.05) is 61.5 Å². The second-order valence-electron chi connectivity index (χ2n) is 6.90. The summed E-state index contributed by atoms with van der Waals surface area (Å²) in [6.07, 6.45) is -1.77. The van der Waals surface area contributed by atoms with Crippen LogP contribution in [-0.4, -0.2) is 5.71 Å². The van der Waals surface area contributed by atoms with Gasteiger partial charge in [0.25, 0.3) is 0 Å². The Morgan fingerprint density at radius 1 is 0.786 bits per heavy atom. The Bertz CT molecular complexity index is 1060. The number of aryl methyl sites for hydroxylation is 1. The van der Waals surface area contributed by atoms with Gasteiger partial charge in [0.05, 0.1) is 17.0 Å². The molecule has 1 aliphatic rings. The summed E-state index contributed by atoms with van der Waals surface area (Å²) in [7, 11) is 0. The lowest BCUT2D eigenvalue weighted by molar-refractivity contribution is -0.137. The van der Waals surface area contributed by atoms with E-state index in [9.17, 15) is 13.2 Å². The molecule has 0 spiro atoms. The predicted octanol–water partition coefficient (Wildman–Crippen LogP) is 7.08. The van der Waals surface area contributed by atoms with Crippen LogP contribution in [0, 0.1) is 6.92 Å². The molecule has 0 amide bonds. The third-order valence-electron chi connectivity index (χ3n) is 4.85. The Balaban J connectivity index is 1.79. The van der Waals surface area contributed by atoms with Gasteiger partial charge in [-0.1, -0.05) is 60.2 Å². The number of benzene rings is 3. The van der Waals surface area contributed by atoms with Crippen LogP contribution in [0.4, 0.5) is 18.9 Å². The summed E-state index contributed by atoms with van der Waals surface area (Å²) in [5, 5.41) is 0. The molecule has 0 fully saturated rings. The summed E-state index contributed by atoms with van der Waals surface area (Å²) in [5.74, 6) is 0. The van der Waals surface area contributed by atoms with E-state index in [0.29, 0.717) is 6.42 Å². The third-order valence-corrected chi connectivity index (χ3v) is 4.85. The van der Waals surface area contributed by atoms with Crippen molar-refractivity contribution < 1.29 is 13.2 Å². The van der Waals surface area contributed by atoms with Gasteiger partial charge in [0.2, 0.25) is 0 Å². The fourth-order valence-corrected chi connectivity index (χ4v) is 3.29. The van der Waals surface area contributed by atoms with E-state index in [0.717, 1.165) is 51.4 Å². The normalized spacial score (nSPS) is 14.0. The van der Waals surface area contributed by atoms with Gasteiger partial charge in [-0.15, -0.1) is 0 Å². The Kier molecular flexibility index (Phi) is 4.63. The van der Waals surface area contributed by atoms with Gasteiger partial charge in [-0.05, 0) is 47.9 Å². The molecular formula is C24H18F3N. The number of hydrogen-bond acceptors (Lipinski definition) is 1. The highest BCUT2D eigenvalue weighted by Crippen LogP contribution is 2.35. The fraction of sp³-hybridized carbons (Fsp3) is 0.125. The van der Waals surface area contributed by atoms with E-state index >= 15 is 0 Å². The maximum absolute atomic E-state index is 12.9. The van der Waals surface area contributed by atoms with E-state index in [2.05, 4.69) is 0 Å². The number of halogens is 3. The average Bonchev–Trinajstić information content (AvgIpc) is 2.88. The number of aliphatic imine (C=N–C) groups is 1. The van der Waals surface area contributed by atoms with Gasteiger partial charge in [0.1, 0.15) is 0 Å². The van der Waals surface area contributed by atoms with E-state index in [1.54, 1.807) is 0 Å². The molecule has 140 valence electrons. The van der Waals surface area contributed by atoms with Crippen molar-refractivity contribution in [3.05, 3.63) is 101 Å². The van der Waals surface area contributed by atoms with E-state index < -0.39 is 11.7 Å². The minimum Gasteiger partial charge on any atom is -0.252 e. The molecule has 1 aliphatic heterocycles. The van der Waals surface area contributed by atoms with Crippen LogP contribution in [0.3, 0.4) is 0 Å². The third kappa shape index (κ3) is 3.77. The molecule has 0 atom stereocenters. The molecule has 3 aromatic carbocycles.